The van der Waals surface area contributed by atoms with Crippen molar-refractivity contribution >= 4 is 11.9 Å². The van der Waals surface area contributed by atoms with Crippen molar-refractivity contribution in [1.82, 2.24) is 0 Å². The Labute approximate surface area is 126 Å². The highest BCUT2D eigenvalue weighted by atomic mass is 16.6. The summed E-state index contributed by atoms with van der Waals surface area (Å²) in [6, 6.07) is 0. The average Bonchev–Trinajstić information content (AvgIpc) is 2.85. The van der Waals surface area contributed by atoms with Crippen molar-refractivity contribution in [2.24, 2.45) is 29.6 Å². The largest absolute Gasteiger partial charge is 0.456 e. The minimum absolute atomic E-state index is 0.212. The summed E-state index contributed by atoms with van der Waals surface area (Å²) in [6.07, 6.45) is 5.85. The summed E-state index contributed by atoms with van der Waals surface area (Å²) < 4.78 is 10.9. The molecule has 0 N–H and O–H groups in total. The van der Waals surface area contributed by atoms with Gasteiger partial charge in [0.1, 0.15) is 5.60 Å². The lowest BCUT2D eigenvalue weighted by molar-refractivity contribution is -0.183. The van der Waals surface area contributed by atoms with Gasteiger partial charge in [-0.05, 0) is 49.9 Å². The van der Waals surface area contributed by atoms with Gasteiger partial charge in [-0.25, -0.2) is 4.79 Å². The second-order valence-electron chi connectivity index (χ2n) is 7.42. The van der Waals surface area contributed by atoms with E-state index < -0.39 is 0 Å². The number of rotatable bonds is 5. The van der Waals surface area contributed by atoms with E-state index in [1.54, 1.807) is 13.8 Å². The zero-order chi connectivity index (χ0) is 15.2. The van der Waals surface area contributed by atoms with Crippen LogP contribution in [-0.2, 0) is 19.1 Å². The molecule has 0 saturated heterocycles. The molecule has 5 atom stereocenters. The van der Waals surface area contributed by atoms with E-state index in [0.29, 0.717) is 11.8 Å². The average molecular weight is 294 g/mol. The molecule has 0 aromatic rings. The fraction of sp³-hybridized carbons (Fsp3) is 0.882. The second kappa shape index (κ2) is 5.29. The van der Waals surface area contributed by atoms with Gasteiger partial charge in [0.15, 0.2) is 6.61 Å². The molecule has 4 aliphatic carbocycles. The van der Waals surface area contributed by atoms with Gasteiger partial charge < -0.3 is 9.47 Å². The van der Waals surface area contributed by atoms with Crippen molar-refractivity contribution in [2.45, 2.75) is 58.5 Å². The number of carbonyl (C=O) groups excluding carboxylic acids is 2. The van der Waals surface area contributed by atoms with E-state index in [-0.39, 0.29) is 30.1 Å². The molecule has 5 unspecified atom stereocenters. The SMILES string of the molecule is CCC1(OC(=O)COC(=O)C(C)C)C2CC3CC(C2)C1C3. The molecule has 0 aromatic heterocycles. The molecule has 4 rings (SSSR count). The summed E-state index contributed by atoms with van der Waals surface area (Å²) in [5, 5.41) is 0. The molecule has 21 heavy (non-hydrogen) atoms. The van der Waals surface area contributed by atoms with Crippen LogP contribution in [0.5, 0.6) is 0 Å². The first-order chi connectivity index (χ1) is 9.96. The predicted molar refractivity (Wildman–Crippen MR) is 77.3 cm³/mol. The molecule has 4 bridgehead atoms. The first-order valence-corrected chi connectivity index (χ1v) is 8.34. The number of hydrogen-bond acceptors (Lipinski definition) is 4. The van der Waals surface area contributed by atoms with E-state index in [9.17, 15) is 9.59 Å². The van der Waals surface area contributed by atoms with Crippen LogP contribution < -0.4 is 0 Å². The Balaban J connectivity index is 1.63. The van der Waals surface area contributed by atoms with Crippen LogP contribution in [0.1, 0.15) is 52.9 Å². The predicted octanol–water partition coefficient (Wildman–Crippen LogP) is 2.94. The number of carbonyl (C=O) groups is 2. The number of hydrogen-bond donors (Lipinski definition) is 0. The summed E-state index contributed by atoms with van der Waals surface area (Å²) in [5.41, 5.74) is -0.279. The maximum Gasteiger partial charge on any atom is 0.344 e. The van der Waals surface area contributed by atoms with Crippen molar-refractivity contribution in [3.05, 3.63) is 0 Å². The van der Waals surface area contributed by atoms with Crippen LogP contribution in [0, 0.1) is 29.6 Å². The van der Waals surface area contributed by atoms with Gasteiger partial charge in [0.2, 0.25) is 0 Å². The van der Waals surface area contributed by atoms with Gasteiger partial charge >= 0.3 is 11.9 Å². The highest BCUT2D eigenvalue weighted by Crippen LogP contribution is 2.65. The monoisotopic (exact) mass is 294 g/mol. The van der Waals surface area contributed by atoms with Crippen LogP contribution in [0.15, 0.2) is 0 Å². The molecule has 4 nitrogen and oxygen atoms in total. The maximum absolute atomic E-state index is 12.1. The standard InChI is InChI=1S/C17H26O4/c1-4-17(21-15(18)9-20-16(19)10(2)3)13-6-11-5-12(8-13)14(17)7-11/h10-14H,4-9H2,1-3H3. The first kappa shape index (κ1) is 14.9. The number of esters is 2. The molecule has 4 saturated carbocycles. The zero-order valence-corrected chi connectivity index (χ0v) is 13.3. The normalized spacial score (nSPS) is 39.8. The molecular formula is C17H26O4. The van der Waals surface area contributed by atoms with Gasteiger partial charge in [0.25, 0.3) is 0 Å². The van der Waals surface area contributed by atoms with Crippen LogP contribution in [0.3, 0.4) is 0 Å². The highest BCUT2D eigenvalue weighted by molar-refractivity contribution is 5.77. The molecule has 4 heteroatoms. The Morgan fingerprint density at radius 2 is 1.95 bits per heavy atom. The Kier molecular flexibility index (Phi) is 3.74. The Morgan fingerprint density at radius 1 is 1.19 bits per heavy atom. The van der Waals surface area contributed by atoms with Crippen molar-refractivity contribution in [3.8, 4) is 0 Å². The minimum atomic E-state index is -0.373. The molecule has 0 aromatic carbocycles. The van der Waals surface area contributed by atoms with Crippen LogP contribution >= 0.6 is 0 Å². The van der Waals surface area contributed by atoms with E-state index in [1.165, 1.54) is 25.7 Å². The van der Waals surface area contributed by atoms with E-state index >= 15 is 0 Å². The topological polar surface area (TPSA) is 52.6 Å². The van der Waals surface area contributed by atoms with Crippen LogP contribution in [0.4, 0.5) is 0 Å². The summed E-state index contributed by atoms with van der Waals surface area (Å²) in [5.74, 6) is 1.74. The fourth-order valence-electron chi connectivity index (χ4n) is 5.18. The molecule has 0 radical (unpaired) electrons. The van der Waals surface area contributed by atoms with Gasteiger partial charge in [0.05, 0.1) is 5.92 Å². The lowest BCUT2D eigenvalue weighted by atomic mass is 9.71. The molecule has 0 heterocycles. The zero-order valence-electron chi connectivity index (χ0n) is 13.3. The number of ether oxygens (including phenoxy) is 2. The summed E-state index contributed by atoms with van der Waals surface area (Å²) >= 11 is 0. The maximum atomic E-state index is 12.1. The lowest BCUT2D eigenvalue weighted by Gasteiger charge is -2.43. The van der Waals surface area contributed by atoms with Crippen molar-refractivity contribution in [2.75, 3.05) is 6.61 Å². The molecule has 0 spiro atoms. The third-order valence-electron chi connectivity index (χ3n) is 5.98. The molecule has 4 fully saturated rings. The smallest absolute Gasteiger partial charge is 0.344 e. The second-order valence-corrected chi connectivity index (χ2v) is 7.42. The first-order valence-electron chi connectivity index (χ1n) is 8.34. The van der Waals surface area contributed by atoms with E-state index in [0.717, 1.165) is 18.3 Å². The van der Waals surface area contributed by atoms with Gasteiger partial charge in [-0.3, -0.25) is 4.79 Å². The molecule has 118 valence electrons. The summed E-state index contributed by atoms with van der Waals surface area (Å²) in [7, 11) is 0. The highest BCUT2D eigenvalue weighted by Gasteiger charge is 2.63. The van der Waals surface area contributed by atoms with Crippen molar-refractivity contribution < 1.29 is 19.1 Å². The quantitative estimate of drug-likeness (QED) is 0.732. The summed E-state index contributed by atoms with van der Waals surface area (Å²) in [4.78, 5) is 23.6. The van der Waals surface area contributed by atoms with Crippen LogP contribution in [0.2, 0.25) is 0 Å². The van der Waals surface area contributed by atoms with Gasteiger partial charge in [0, 0.05) is 5.92 Å². The van der Waals surface area contributed by atoms with E-state index in [4.69, 9.17) is 9.47 Å². The lowest BCUT2D eigenvalue weighted by Crippen LogP contribution is -2.47. The fourth-order valence-corrected chi connectivity index (χ4v) is 5.18. The summed E-state index contributed by atoms with van der Waals surface area (Å²) in [6.45, 7) is 5.40. The van der Waals surface area contributed by atoms with Gasteiger partial charge in [-0.2, -0.15) is 0 Å². The van der Waals surface area contributed by atoms with E-state index in [1.807, 2.05) is 0 Å². The van der Waals surface area contributed by atoms with Crippen LogP contribution in [-0.4, -0.2) is 24.1 Å². The third-order valence-corrected chi connectivity index (χ3v) is 5.98. The Morgan fingerprint density at radius 3 is 2.57 bits per heavy atom. The Bertz CT molecular complexity index is 440. The van der Waals surface area contributed by atoms with Gasteiger partial charge in [-0.1, -0.05) is 20.8 Å². The minimum Gasteiger partial charge on any atom is -0.456 e. The van der Waals surface area contributed by atoms with Crippen molar-refractivity contribution in [3.63, 3.8) is 0 Å². The molecule has 0 aliphatic heterocycles. The van der Waals surface area contributed by atoms with Gasteiger partial charge in [-0.15, -0.1) is 0 Å². The molecule has 4 aliphatic rings. The molecule has 0 amide bonds. The molecular weight excluding hydrogens is 268 g/mol. The van der Waals surface area contributed by atoms with E-state index in [2.05, 4.69) is 6.92 Å². The van der Waals surface area contributed by atoms with Crippen molar-refractivity contribution in [1.29, 1.82) is 0 Å². The van der Waals surface area contributed by atoms with Crippen LogP contribution in [0.25, 0.3) is 0 Å². The third kappa shape index (κ3) is 2.36. The Hall–Kier alpha value is -1.06.